The number of thiocarbonyl (C=S) groups is 1. The molecule has 0 unspecified atom stereocenters. The van der Waals surface area contributed by atoms with Crippen LogP contribution in [0.4, 0.5) is 11.4 Å². The van der Waals surface area contributed by atoms with Gasteiger partial charge in [-0.15, -0.1) is 0 Å². The zero-order valence-corrected chi connectivity index (χ0v) is 10.4. The van der Waals surface area contributed by atoms with Crippen LogP contribution in [0, 0.1) is 0 Å². The Kier molecular flexibility index (Phi) is 3.56. The lowest BCUT2D eigenvalue weighted by atomic mass is 10.2. The number of nitrogens with two attached hydrogens (primary N) is 1. The van der Waals surface area contributed by atoms with Gasteiger partial charge in [0.2, 0.25) is 0 Å². The molecular weight excluding hydrogens is 254 g/mol. The number of benzene rings is 1. The summed E-state index contributed by atoms with van der Waals surface area (Å²) in [6.07, 6.45) is 1.65. The minimum absolute atomic E-state index is 0.259. The Hall–Kier alpha value is -1.65. The summed E-state index contributed by atoms with van der Waals surface area (Å²) >= 11 is 10.8. The van der Waals surface area contributed by atoms with Gasteiger partial charge in [0.25, 0.3) is 0 Å². The van der Waals surface area contributed by atoms with E-state index in [2.05, 4.69) is 10.3 Å². The standard InChI is InChI=1S/C12H10ClN3S/c13-8-3-1-4-9(7-8)16-10-5-2-6-15-11(10)12(14)17/h1-7,16H,(H2,14,17). The number of hydrogen-bond acceptors (Lipinski definition) is 3. The number of hydrogen-bond donors (Lipinski definition) is 2. The summed E-state index contributed by atoms with van der Waals surface area (Å²) in [6.45, 7) is 0. The molecule has 0 aliphatic heterocycles. The normalized spacial score (nSPS) is 9.94. The fourth-order valence-corrected chi connectivity index (χ4v) is 1.78. The van der Waals surface area contributed by atoms with E-state index in [0.29, 0.717) is 10.7 Å². The van der Waals surface area contributed by atoms with Crippen molar-refractivity contribution >= 4 is 40.2 Å². The molecule has 17 heavy (non-hydrogen) atoms. The molecule has 0 saturated carbocycles. The highest BCUT2D eigenvalue weighted by Gasteiger charge is 2.06. The molecule has 0 fully saturated rings. The highest BCUT2D eigenvalue weighted by molar-refractivity contribution is 7.80. The van der Waals surface area contributed by atoms with Crippen LogP contribution < -0.4 is 11.1 Å². The molecule has 0 amide bonds. The quantitative estimate of drug-likeness (QED) is 0.836. The molecule has 0 aliphatic rings. The van der Waals surface area contributed by atoms with Gasteiger partial charge in [0, 0.05) is 16.9 Å². The highest BCUT2D eigenvalue weighted by atomic mass is 35.5. The van der Waals surface area contributed by atoms with Crippen molar-refractivity contribution in [2.45, 2.75) is 0 Å². The van der Waals surface area contributed by atoms with Crippen molar-refractivity contribution < 1.29 is 0 Å². The number of pyridine rings is 1. The molecule has 3 N–H and O–H groups in total. The van der Waals surface area contributed by atoms with Crippen LogP contribution in [0.15, 0.2) is 42.6 Å². The Morgan fingerprint density at radius 2 is 2.12 bits per heavy atom. The minimum atomic E-state index is 0.259. The van der Waals surface area contributed by atoms with Crippen LogP contribution in [0.2, 0.25) is 5.02 Å². The van der Waals surface area contributed by atoms with Gasteiger partial charge in [-0.05, 0) is 30.3 Å². The number of anilines is 2. The van der Waals surface area contributed by atoms with E-state index in [1.54, 1.807) is 6.20 Å². The maximum absolute atomic E-state index is 5.91. The summed E-state index contributed by atoms with van der Waals surface area (Å²) in [5, 5.41) is 3.84. The molecule has 1 heterocycles. The van der Waals surface area contributed by atoms with E-state index in [9.17, 15) is 0 Å². The zero-order chi connectivity index (χ0) is 12.3. The molecule has 0 spiro atoms. The number of rotatable bonds is 3. The van der Waals surface area contributed by atoms with Crippen LogP contribution in [-0.4, -0.2) is 9.97 Å². The Labute approximate surface area is 110 Å². The average Bonchev–Trinajstić information content (AvgIpc) is 2.29. The second kappa shape index (κ2) is 5.12. The van der Waals surface area contributed by atoms with E-state index in [1.165, 1.54) is 0 Å². The predicted molar refractivity (Wildman–Crippen MR) is 74.9 cm³/mol. The van der Waals surface area contributed by atoms with Crippen molar-refractivity contribution in [3.63, 3.8) is 0 Å². The van der Waals surface area contributed by atoms with Gasteiger partial charge in [-0.3, -0.25) is 4.98 Å². The lowest BCUT2D eigenvalue weighted by Crippen LogP contribution is -2.13. The van der Waals surface area contributed by atoms with Gasteiger partial charge in [0.1, 0.15) is 10.7 Å². The number of nitrogens with zero attached hydrogens (tertiary/aromatic N) is 1. The number of halogens is 1. The number of nitrogens with one attached hydrogen (secondary N) is 1. The molecule has 5 heteroatoms. The first-order chi connectivity index (χ1) is 8.16. The maximum atomic E-state index is 5.91. The molecular formula is C12H10ClN3S. The van der Waals surface area contributed by atoms with Crippen LogP contribution >= 0.6 is 23.8 Å². The maximum Gasteiger partial charge on any atom is 0.124 e. The van der Waals surface area contributed by atoms with E-state index in [1.807, 2.05) is 36.4 Å². The van der Waals surface area contributed by atoms with Crippen molar-refractivity contribution in [2.75, 3.05) is 5.32 Å². The van der Waals surface area contributed by atoms with Crippen molar-refractivity contribution in [3.05, 3.63) is 53.3 Å². The summed E-state index contributed by atoms with van der Waals surface area (Å²) in [5.41, 5.74) is 7.80. The van der Waals surface area contributed by atoms with E-state index < -0.39 is 0 Å². The lowest BCUT2D eigenvalue weighted by Gasteiger charge is -2.10. The third kappa shape index (κ3) is 2.93. The summed E-state index contributed by atoms with van der Waals surface area (Å²) in [6, 6.07) is 11.1. The first kappa shape index (κ1) is 11.8. The first-order valence-electron chi connectivity index (χ1n) is 4.94. The van der Waals surface area contributed by atoms with E-state index >= 15 is 0 Å². The number of aromatic nitrogens is 1. The van der Waals surface area contributed by atoms with E-state index in [4.69, 9.17) is 29.6 Å². The van der Waals surface area contributed by atoms with E-state index in [-0.39, 0.29) is 4.99 Å². The molecule has 3 nitrogen and oxygen atoms in total. The Bertz CT molecular complexity index is 557. The van der Waals surface area contributed by atoms with Gasteiger partial charge < -0.3 is 11.1 Å². The van der Waals surface area contributed by atoms with Gasteiger partial charge in [0.05, 0.1) is 5.69 Å². The molecule has 2 rings (SSSR count). The second-order valence-electron chi connectivity index (χ2n) is 3.40. The molecule has 0 atom stereocenters. The second-order valence-corrected chi connectivity index (χ2v) is 4.28. The van der Waals surface area contributed by atoms with Crippen molar-refractivity contribution in [3.8, 4) is 0 Å². The van der Waals surface area contributed by atoms with Crippen LogP contribution in [0.1, 0.15) is 5.69 Å². The SMILES string of the molecule is NC(=S)c1ncccc1Nc1cccc(Cl)c1. The molecule has 86 valence electrons. The van der Waals surface area contributed by atoms with Gasteiger partial charge >= 0.3 is 0 Å². The largest absolute Gasteiger partial charge is 0.388 e. The average molecular weight is 264 g/mol. The smallest absolute Gasteiger partial charge is 0.124 e. The summed E-state index contributed by atoms with van der Waals surface area (Å²) < 4.78 is 0. The third-order valence-corrected chi connectivity index (χ3v) is 2.57. The molecule has 1 aromatic carbocycles. The Balaban J connectivity index is 2.33. The monoisotopic (exact) mass is 263 g/mol. The molecule has 1 aromatic heterocycles. The van der Waals surface area contributed by atoms with Crippen molar-refractivity contribution in [1.82, 2.24) is 4.98 Å². The molecule has 2 aromatic rings. The van der Waals surface area contributed by atoms with Gasteiger partial charge in [-0.1, -0.05) is 29.9 Å². The predicted octanol–water partition coefficient (Wildman–Crippen LogP) is 3.11. The topological polar surface area (TPSA) is 50.9 Å². The third-order valence-electron chi connectivity index (χ3n) is 2.14. The summed E-state index contributed by atoms with van der Waals surface area (Å²) in [5.74, 6) is 0. The summed E-state index contributed by atoms with van der Waals surface area (Å²) in [7, 11) is 0. The highest BCUT2D eigenvalue weighted by Crippen LogP contribution is 2.21. The molecule has 0 aliphatic carbocycles. The van der Waals surface area contributed by atoms with Gasteiger partial charge in [-0.25, -0.2) is 0 Å². The summed E-state index contributed by atoms with van der Waals surface area (Å²) in [4.78, 5) is 4.39. The van der Waals surface area contributed by atoms with Crippen LogP contribution in [0.5, 0.6) is 0 Å². The molecule has 0 radical (unpaired) electrons. The van der Waals surface area contributed by atoms with E-state index in [0.717, 1.165) is 11.4 Å². The fourth-order valence-electron chi connectivity index (χ4n) is 1.42. The first-order valence-corrected chi connectivity index (χ1v) is 5.73. The molecule has 0 saturated heterocycles. The molecule has 0 bridgehead atoms. The lowest BCUT2D eigenvalue weighted by molar-refractivity contribution is 1.29. The zero-order valence-electron chi connectivity index (χ0n) is 8.85. The van der Waals surface area contributed by atoms with Crippen molar-refractivity contribution in [1.29, 1.82) is 0 Å². The van der Waals surface area contributed by atoms with Crippen molar-refractivity contribution in [2.24, 2.45) is 5.73 Å². The van der Waals surface area contributed by atoms with Gasteiger partial charge in [0.15, 0.2) is 0 Å². The van der Waals surface area contributed by atoms with Gasteiger partial charge in [-0.2, -0.15) is 0 Å². The van der Waals surface area contributed by atoms with Crippen LogP contribution in [-0.2, 0) is 0 Å². The Morgan fingerprint density at radius 1 is 1.29 bits per heavy atom. The van der Waals surface area contributed by atoms with Crippen LogP contribution in [0.25, 0.3) is 0 Å². The fraction of sp³-hybridized carbons (Fsp3) is 0. The minimum Gasteiger partial charge on any atom is -0.388 e. The Morgan fingerprint density at radius 3 is 2.82 bits per heavy atom. The van der Waals surface area contributed by atoms with Crippen LogP contribution in [0.3, 0.4) is 0 Å².